The van der Waals surface area contributed by atoms with Gasteiger partial charge in [-0.25, -0.2) is 0 Å². The average molecular weight is 423 g/mol. The van der Waals surface area contributed by atoms with Crippen molar-refractivity contribution in [3.63, 3.8) is 0 Å². The molecule has 0 aliphatic carbocycles. The smallest absolute Gasteiger partial charge is 0.253 e. The Morgan fingerprint density at radius 1 is 1.04 bits per heavy atom. The summed E-state index contributed by atoms with van der Waals surface area (Å²) in [5.41, 5.74) is 2.03. The van der Waals surface area contributed by atoms with E-state index in [0.717, 1.165) is 9.26 Å². The molecule has 120 valence electrons. The number of nitrogens with zero attached hydrogens (tertiary/aromatic N) is 1. The Morgan fingerprint density at radius 2 is 1.74 bits per heavy atom. The minimum absolute atomic E-state index is 0.0990. The van der Waals surface area contributed by atoms with Crippen molar-refractivity contribution in [1.29, 1.82) is 0 Å². The summed E-state index contributed by atoms with van der Waals surface area (Å²) in [6.45, 7) is 0.159. The molecule has 2 amide bonds. The third-order valence-corrected chi connectivity index (χ3v) is 3.82. The van der Waals surface area contributed by atoms with Gasteiger partial charge in [-0.2, -0.15) is 0 Å². The maximum absolute atomic E-state index is 12.0. The quantitative estimate of drug-likeness (QED) is 0.727. The molecule has 5 nitrogen and oxygen atoms in total. The molecule has 0 saturated carbocycles. The minimum atomic E-state index is -0.169. The fourth-order valence-corrected chi connectivity index (χ4v) is 2.30. The molecule has 2 N–H and O–H groups in total. The number of benzene rings is 2. The van der Waals surface area contributed by atoms with Crippen molar-refractivity contribution in [1.82, 2.24) is 4.90 Å². The monoisotopic (exact) mass is 423 g/mol. The van der Waals surface area contributed by atoms with Gasteiger partial charge in [0.15, 0.2) is 0 Å². The summed E-state index contributed by atoms with van der Waals surface area (Å²) in [7, 11) is 3.39. The molecule has 2 aromatic rings. The van der Waals surface area contributed by atoms with Crippen LogP contribution in [0.4, 0.5) is 11.4 Å². The zero-order chi connectivity index (χ0) is 16.8. The molecular formula is C17H18IN3O2. The molecule has 2 aromatic carbocycles. The van der Waals surface area contributed by atoms with E-state index in [1.807, 2.05) is 24.3 Å². The second kappa shape index (κ2) is 7.96. The van der Waals surface area contributed by atoms with Crippen molar-refractivity contribution in [2.24, 2.45) is 0 Å². The first-order valence-electron chi connectivity index (χ1n) is 7.07. The highest BCUT2D eigenvalue weighted by molar-refractivity contribution is 14.1. The van der Waals surface area contributed by atoms with E-state index in [0.29, 0.717) is 11.3 Å². The van der Waals surface area contributed by atoms with Gasteiger partial charge in [-0.15, -0.1) is 0 Å². The van der Waals surface area contributed by atoms with Gasteiger partial charge >= 0.3 is 0 Å². The summed E-state index contributed by atoms with van der Waals surface area (Å²) in [5, 5.41) is 5.84. The number of rotatable bonds is 5. The van der Waals surface area contributed by atoms with E-state index in [1.165, 1.54) is 4.90 Å². The molecule has 0 atom stereocenters. The fraction of sp³-hybridized carbons (Fsp3) is 0.176. The van der Waals surface area contributed by atoms with Crippen LogP contribution in [-0.2, 0) is 4.79 Å². The van der Waals surface area contributed by atoms with Crippen molar-refractivity contribution in [2.45, 2.75) is 0 Å². The van der Waals surface area contributed by atoms with E-state index >= 15 is 0 Å². The van der Waals surface area contributed by atoms with Crippen LogP contribution in [0.15, 0.2) is 48.5 Å². The molecule has 0 fully saturated rings. The molecule has 0 radical (unpaired) electrons. The third-order valence-electron chi connectivity index (χ3n) is 3.10. The van der Waals surface area contributed by atoms with Gasteiger partial charge in [0.1, 0.15) is 0 Å². The Hall–Kier alpha value is -2.09. The van der Waals surface area contributed by atoms with Crippen molar-refractivity contribution >= 4 is 45.8 Å². The zero-order valence-electron chi connectivity index (χ0n) is 13.0. The second-order valence-corrected chi connectivity index (χ2v) is 6.43. The summed E-state index contributed by atoms with van der Waals surface area (Å²) in [5.74, 6) is -0.267. The van der Waals surface area contributed by atoms with E-state index in [2.05, 4.69) is 33.2 Å². The number of carbonyl (C=O) groups excluding carboxylic acids is 2. The summed E-state index contributed by atoms with van der Waals surface area (Å²) in [6, 6.07) is 14.7. The van der Waals surface area contributed by atoms with Gasteiger partial charge in [0.25, 0.3) is 5.91 Å². The molecule has 0 heterocycles. The molecule has 0 bridgehead atoms. The summed E-state index contributed by atoms with van der Waals surface area (Å²) in [6.07, 6.45) is 0. The van der Waals surface area contributed by atoms with Crippen LogP contribution in [0.2, 0.25) is 0 Å². The van der Waals surface area contributed by atoms with Crippen molar-refractivity contribution in [2.75, 3.05) is 31.3 Å². The van der Waals surface area contributed by atoms with Gasteiger partial charge in [0, 0.05) is 34.6 Å². The molecule has 0 unspecified atom stereocenters. The van der Waals surface area contributed by atoms with Gasteiger partial charge in [0.2, 0.25) is 5.91 Å². The Bertz CT molecular complexity index is 699. The van der Waals surface area contributed by atoms with Gasteiger partial charge in [0.05, 0.1) is 6.54 Å². The van der Waals surface area contributed by atoms with E-state index in [-0.39, 0.29) is 18.4 Å². The summed E-state index contributed by atoms with van der Waals surface area (Å²) in [4.78, 5) is 25.4. The lowest BCUT2D eigenvalue weighted by atomic mass is 10.2. The Labute approximate surface area is 149 Å². The normalized spacial score (nSPS) is 10.0. The summed E-state index contributed by atoms with van der Waals surface area (Å²) >= 11 is 2.23. The molecule has 0 aromatic heterocycles. The Kier molecular flexibility index (Phi) is 5.97. The topological polar surface area (TPSA) is 61.4 Å². The number of hydrogen-bond acceptors (Lipinski definition) is 3. The molecule has 6 heteroatoms. The van der Waals surface area contributed by atoms with Gasteiger partial charge in [-0.3, -0.25) is 9.59 Å². The van der Waals surface area contributed by atoms with Gasteiger partial charge in [-0.1, -0.05) is 6.07 Å². The maximum Gasteiger partial charge on any atom is 0.253 e. The molecule has 23 heavy (non-hydrogen) atoms. The Balaban J connectivity index is 1.93. The van der Waals surface area contributed by atoms with Crippen LogP contribution in [0.5, 0.6) is 0 Å². The van der Waals surface area contributed by atoms with Crippen LogP contribution >= 0.6 is 22.6 Å². The van der Waals surface area contributed by atoms with Crippen molar-refractivity contribution < 1.29 is 9.59 Å². The van der Waals surface area contributed by atoms with E-state index in [4.69, 9.17) is 0 Å². The van der Waals surface area contributed by atoms with E-state index < -0.39 is 0 Å². The van der Waals surface area contributed by atoms with Gasteiger partial charge in [-0.05, 0) is 65.1 Å². The highest BCUT2D eigenvalue weighted by atomic mass is 127. The van der Waals surface area contributed by atoms with E-state index in [9.17, 15) is 9.59 Å². The first-order valence-corrected chi connectivity index (χ1v) is 8.14. The average Bonchev–Trinajstić information content (AvgIpc) is 2.53. The number of nitrogens with one attached hydrogen (secondary N) is 2. The molecule has 0 saturated heterocycles. The van der Waals surface area contributed by atoms with Gasteiger partial charge < -0.3 is 15.5 Å². The number of hydrogen-bond donors (Lipinski definition) is 2. The molecular weight excluding hydrogens is 405 g/mol. The van der Waals surface area contributed by atoms with Crippen LogP contribution in [-0.4, -0.2) is 37.4 Å². The van der Waals surface area contributed by atoms with E-state index in [1.54, 1.807) is 38.4 Å². The number of carbonyl (C=O) groups is 2. The lowest BCUT2D eigenvalue weighted by molar-refractivity contribution is -0.114. The summed E-state index contributed by atoms with van der Waals surface area (Å²) < 4.78 is 1.14. The third kappa shape index (κ3) is 5.24. The Morgan fingerprint density at radius 3 is 2.39 bits per heavy atom. The standard InChI is InChI=1S/C17H18IN3O2/c1-21(2)17(23)12-4-3-5-15(10-12)20-16(22)11-19-14-8-6-13(18)7-9-14/h3-10,19H,11H2,1-2H3,(H,20,22). The SMILES string of the molecule is CN(C)C(=O)c1cccc(NC(=O)CNc2ccc(I)cc2)c1. The first-order chi connectivity index (χ1) is 11.0. The second-order valence-electron chi connectivity index (χ2n) is 5.19. The molecule has 0 aliphatic rings. The molecule has 0 spiro atoms. The highest BCUT2D eigenvalue weighted by Gasteiger charge is 2.09. The predicted molar refractivity (Wildman–Crippen MR) is 101 cm³/mol. The van der Waals surface area contributed by atoms with Crippen LogP contribution in [0.1, 0.15) is 10.4 Å². The lowest BCUT2D eigenvalue weighted by Gasteiger charge is -2.12. The first kappa shape index (κ1) is 17.3. The largest absolute Gasteiger partial charge is 0.376 e. The van der Waals surface area contributed by atoms with Crippen molar-refractivity contribution in [3.05, 3.63) is 57.7 Å². The molecule has 2 rings (SSSR count). The number of anilines is 2. The van der Waals surface area contributed by atoms with Crippen molar-refractivity contribution in [3.8, 4) is 0 Å². The van der Waals surface area contributed by atoms with Crippen LogP contribution < -0.4 is 10.6 Å². The molecule has 0 aliphatic heterocycles. The number of halogens is 1. The highest BCUT2D eigenvalue weighted by Crippen LogP contribution is 2.13. The number of amides is 2. The minimum Gasteiger partial charge on any atom is -0.376 e. The fourth-order valence-electron chi connectivity index (χ4n) is 1.94. The van der Waals surface area contributed by atoms with Crippen LogP contribution in [0.3, 0.4) is 0 Å². The maximum atomic E-state index is 12.0. The predicted octanol–water partition coefficient (Wildman–Crippen LogP) is 3.04. The zero-order valence-corrected chi connectivity index (χ0v) is 15.1. The van der Waals surface area contributed by atoms with Crippen LogP contribution in [0.25, 0.3) is 0 Å². The van der Waals surface area contributed by atoms with Crippen LogP contribution in [0, 0.1) is 3.57 Å². The lowest BCUT2D eigenvalue weighted by Crippen LogP contribution is -2.23.